The van der Waals surface area contributed by atoms with Crippen molar-refractivity contribution in [1.82, 2.24) is 4.98 Å². The summed E-state index contributed by atoms with van der Waals surface area (Å²) in [5.74, 6) is -0.327. The van der Waals surface area contributed by atoms with Crippen LogP contribution >= 0.6 is 22.9 Å². The highest BCUT2D eigenvalue weighted by Crippen LogP contribution is 2.23. The van der Waals surface area contributed by atoms with Crippen LogP contribution in [0.25, 0.3) is 10.8 Å². The number of halogens is 1. The molecule has 5 nitrogen and oxygen atoms in total. The van der Waals surface area contributed by atoms with Gasteiger partial charge in [0.1, 0.15) is 0 Å². The van der Waals surface area contributed by atoms with Crippen molar-refractivity contribution in [3.05, 3.63) is 88.4 Å². The molecule has 3 aromatic carbocycles. The molecule has 4 rings (SSSR count). The second-order valence-corrected chi connectivity index (χ2v) is 7.97. The molecule has 0 atom stereocenters. The molecule has 0 spiro atoms. The average Bonchev–Trinajstić information content (AvgIpc) is 3.20. The van der Waals surface area contributed by atoms with E-state index in [2.05, 4.69) is 15.6 Å². The quantitative estimate of drug-likeness (QED) is 0.403. The molecule has 150 valence electrons. The lowest BCUT2D eigenvalue weighted by atomic mass is 10.1. The van der Waals surface area contributed by atoms with E-state index in [1.54, 1.807) is 24.3 Å². The fourth-order valence-corrected chi connectivity index (χ4v) is 3.90. The third-order valence-corrected chi connectivity index (χ3v) is 5.61. The van der Waals surface area contributed by atoms with E-state index >= 15 is 0 Å². The Labute approximate surface area is 182 Å². The Morgan fingerprint density at radius 3 is 2.53 bits per heavy atom. The smallest absolute Gasteiger partial charge is 0.257 e. The van der Waals surface area contributed by atoms with Gasteiger partial charge in [0.25, 0.3) is 5.91 Å². The van der Waals surface area contributed by atoms with Crippen LogP contribution in [0.1, 0.15) is 22.5 Å². The van der Waals surface area contributed by atoms with E-state index < -0.39 is 0 Å². The van der Waals surface area contributed by atoms with Crippen LogP contribution in [0.15, 0.2) is 72.1 Å². The maximum absolute atomic E-state index is 12.4. The van der Waals surface area contributed by atoms with E-state index in [1.807, 2.05) is 47.8 Å². The number of nitrogens with zero attached hydrogens (tertiary/aromatic N) is 1. The molecule has 0 unspecified atom stereocenters. The summed E-state index contributed by atoms with van der Waals surface area (Å²) in [5.41, 5.74) is 2.07. The van der Waals surface area contributed by atoms with Gasteiger partial charge in [0.15, 0.2) is 5.13 Å². The van der Waals surface area contributed by atoms with Crippen LogP contribution < -0.4 is 10.6 Å². The Morgan fingerprint density at radius 1 is 0.933 bits per heavy atom. The van der Waals surface area contributed by atoms with Gasteiger partial charge < -0.3 is 5.32 Å². The van der Waals surface area contributed by atoms with Gasteiger partial charge >= 0.3 is 0 Å². The molecule has 1 heterocycles. The van der Waals surface area contributed by atoms with Gasteiger partial charge in [-0.3, -0.25) is 14.9 Å². The maximum atomic E-state index is 12.4. The van der Waals surface area contributed by atoms with Crippen LogP contribution in [-0.4, -0.2) is 16.8 Å². The fraction of sp³-hybridized carbons (Fsp3) is 0.0870. The molecule has 0 aliphatic heterocycles. The van der Waals surface area contributed by atoms with Crippen molar-refractivity contribution in [2.75, 3.05) is 10.6 Å². The summed E-state index contributed by atoms with van der Waals surface area (Å²) in [5, 5.41) is 10.8. The number of aryl methyl sites for hydroxylation is 1. The molecule has 2 amide bonds. The maximum Gasteiger partial charge on any atom is 0.257 e. The Balaban J connectivity index is 1.33. The van der Waals surface area contributed by atoms with Gasteiger partial charge in [-0.15, -0.1) is 11.3 Å². The summed E-state index contributed by atoms with van der Waals surface area (Å²) < 4.78 is 0. The molecule has 0 saturated carbocycles. The van der Waals surface area contributed by atoms with Crippen LogP contribution in [0.4, 0.5) is 10.8 Å². The first-order valence-corrected chi connectivity index (χ1v) is 10.6. The standard InChI is InChI=1S/C23H18ClN3O2S/c24-17-10-8-16(9-11-17)22(29)27-23-25-18(14-30-23)12-13-21(28)26-20-7-3-5-15-4-1-2-6-19(15)20/h1-11,14H,12-13H2,(H,26,28)(H,25,27,29). The Morgan fingerprint density at radius 2 is 1.70 bits per heavy atom. The molecule has 0 aliphatic carbocycles. The van der Waals surface area contributed by atoms with E-state index in [-0.39, 0.29) is 11.8 Å². The third kappa shape index (κ3) is 4.84. The van der Waals surface area contributed by atoms with Crippen molar-refractivity contribution in [3.63, 3.8) is 0 Å². The van der Waals surface area contributed by atoms with E-state index in [0.717, 1.165) is 22.2 Å². The second kappa shape index (κ2) is 9.07. The molecule has 0 radical (unpaired) electrons. The molecule has 0 aliphatic rings. The zero-order chi connectivity index (χ0) is 20.9. The van der Waals surface area contributed by atoms with Crippen LogP contribution in [-0.2, 0) is 11.2 Å². The summed E-state index contributed by atoms with van der Waals surface area (Å²) in [6.07, 6.45) is 0.793. The van der Waals surface area contributed by atoms with Gasteiger partial charge in [0.2, 0.25) is 5.91 Å². The number of carbonyl (C=O) groups is 2. The molecule has 1 aromatic heterocycles. The molecule has 30 heavy (non-hydrogen) atoms. The van der Waals surface area contributed by atoms with Crippen LogP contribution in [0.5, 0.6) is 0 Å². The number of nitrogens with one attached hydrogen (secondary N) is 2. The summed E-state index contributed by atoms with van der Waals surface area (Å²) >= 11 is 7.18. The number of hydrogen-bond donors (Lipinski definition) is 2. The molecule has 0 saturated heterocycles. The predicted octanol–water partition coefficient (Wildman–Crippen LogP) is 5.77. The molecule has 4 aromatic rings. The van der Waals surface area contributed by atoms with Gasteiger partial charge in [-0.05, 0) is 42.1 Å². The zero-order valence-corrected chi connectivity index (χ0v) is 17.5. The van der Waals surface area contributed by atoms with E-state index in [4.69, 9.17) is 11.6 Å². The minimum Gasteiger partial charge on any atom is -0.326 e. The molecular formula is C23H18ClN3O2S. The van der Waals surface area contributed by atoms with Crippen molar-refractivity contribution in [2.45, 2.75) is 12.8 Å². The van der Waals surface area contributed by atoms with Crippen molar-refractivity contribution >= 4 is 56.3 Å². The predicted molar refractivity (Wildman–Crippen MR) is 122 cm³/mol. The number of benzene rings is 3. The largest absolute Gasteiger partial charge is 0.326 e. The number of anilines is 2. The van der Waals surface area contributed by atoms with E-state index in [0.29, 0.717) is 28.6 Å². The Bertz CT molecular complexity index is 1200. The minimum atomic E-state index is -0.249. The highest BCUT2D eigenvalue weighted by Gasteiger charge is 2.11. The summed E-state index contributed by atoms with van der Waals surface area (Å²) in [6.45, 7) is 0. The van der Waals surface area contributed by atoms with Crippen LogP contribution in [0.3, 0.4) is 0 Å². The van der Waals surface area contributed by atoms with Gasteiger partial charge in [0, 0.05) is 33.5 Å². The van der Waals surface area contributed by atoms with Crippen LogP contribution in [0.2, 0.25) is 5.02 Å². The number of rotatable bonds is 6. The van der Waals surface area contributed by atoms with Crippen molar-refractivity contribution in [3.8, 4) is 0 Å². The third-order valence-electron chi connectivity index (χ3n) is 4.55. The van der Waals surface area contributed by atoms with Crippen LogP contribution in [0, 0.1) is 0 Å². The Hall–Kier alpha value is -3.22. The number of hydrogen-bond acceptors (Lipinski definition) is 4. The molecule has 0 fully saturated rings. The number of thiazole rings is 1. The lowest BCUT2D eigenvalue weighted by Gasteiger charge is -2.08. The topological polar surface area (TPSA) is 71.1 Å². The SMILES string of the molecule is O=C(CCc1csc(NC(=O)c2ccc(Cl)cc2)n1)Nc1cccc2ccccc12. The lowest BCUT2D eigenvalue weighted by Crippen LogP contribution is -2.13. The molecule has 7 heteroatoms. The van der Waals surface area contributed by atoms with Gasteiger partial charge in [-0.25, -0.2) is 4.98 Å². The summed E-state index contributed by atoms with van der Waals surface area (Å²) in [6, 6.07) is 20.4. The first kappa shape index (κ1) is 20.1. The van der Waals surface area contributed by atoms with Gasteiger partial charge in [0.05, 0.1) is 5.69 Å². The monoisotopic (exact) mass is 435 g/mol. The van der Waals surface area contributed by atoms with Gasteiger partial charge in [-0.1, -0.05) is 48.0 Å². The lowest BCUT2D eigenvalue weighted by molar-refractivity contribution is -0.116. The number of aromatic nitrogens is 1. The van der Waals surface area contributed by atoms with Gasteiger partial charge in [-0.2, -0.15) is 0 Å². The Kier molecular flexibility index (Phi) is 6.07. The van der Waals surface area contributed by atoms with Crippen molar-refractivity contribution < 1.29 is 9.59 Å². The van der Waals surface area contributed by atoms with Crippen molar-refractivity contribution in [2.24, 2.45) is 0 Å². The second-order valence-electron chi connectivity index (χ2n) is 6.68. The number of carbonyl (C=O) groups excluding carboxylic acids is 2. The summed E-state index contributed by atoms with van der Waals surface area (Å²) in [7, 11) is 0. The highest BCUT2D eigenvalue weighted by molar-refractivity contribution is 7.14. The zero-order valence-electron chi connectivity index (χ0n) is 15.9. The van der Waals surface area contributed by atoms with E-state index in [1.165, 1.54) is 11.3 Å². The number of fused-ring (bicyclic) bond motifs is 1. The summed E-state index contributed by atoms with van der Waals surface area (Å²) in [4.78, 5) is 29.1. The first-order chi connectivity index (χ1) is 14.6. The molecule has 0 bridgehead atoms. The normalized spacial score (nSPS) is 10.7. The van der Waals surface area contributed by atoms with Crippen molar-refractivity contribution in [1.29, 1.82) is 0 Å². The molecular weight excluding hydrogens is 418 g/mol. The molecule has 2 N–H and O–H groups in total. The average molecular weight is 436 g/mol. The highest BCUT2D eigenvalue weighted by atomic mass is 35.5. The minimum absolute atomic E-state index is 0.0777. The number of amides is 2. The van der Waals surface area contributed by atoms with E-state index in [9.17, 15) is 9.59 Å². The fourth-order valence-electron chi connectivity index (χ4n) is 3.04. The first-order valence-electron chi connectivity index (χ1n) is 9.37.